The zero-order chi connectivity index (χ0) is 14.8. The van der Waals surface area contributed by atoms with Crippen LogP contribution in [0.1, 0.15) is 48.5 Å². The number of benzene rings is 1. The van der Waals surface area contributed by atoms with Crippen molar-refractivity contribution < 1.29 is 14.3 Å². The lowest BCUT2D eigenvalue weighted by Crippen LogP contribution is -2.06. The van der Waals surface area contributed by atoms with Gasteiger partial charge in [-0.1, -0.05) is 25.1 Å². The summed E-state index contributed by atoms with van der Waals surface area (Å²) in [6, 6.07) is 5.46. The van der Waals surface area contributed by atoms with E-state index in [-0.39, 0.29) is 5.97 Å². The molecule has 0 saturated heterocycles. The third kappa shape index (κ3) is 5.08. The monoisotopic (exact) mass is 276 g/mol. The van der Waals surface area contributed by atoms with Crippen molar-refractivity contribution in [2.75, 3.05) is 13.7 Å². The summed E-state index contributed by atoms with van der Waals surface area (Å²) in [5.41, 5.74) is 1.40. The highest BCUT2D eigenvalue weighted by molar-refractivity contribution is 5.91. The van der Waals surface area contributed by atoms with E-state index < -0.39 is 0 Å². The van der Waals surface area contributed by atoms with Gasteiger partial charge in [-0.2, -0.15) is 0 Å². The predicted molar refractivity (Wildman–Crippen MR) is 81.3 cm³/mol. The molecule has 0 aromatic heterocycles. The van der Waals surface area contributed by atoms with Crippen molar-refractivity contribution in [2.45, 2.75) is 39.5 Å². The van der Waals surface area contributed by atoms with Crippen molar-refractivity contribution in [1.29, 1.82) is 0 Å². The molecule has 0 spiro atoms. The lowest BCUT2D eigenvalue weighted by molar-refractivity contribution is 0.0599. The van der Waals surface area contributed by atoms with Crippen LogP contribution in [0, 0.1) is 6.92 Å². The molecule has 0 aliphatic rings. The summed E-state index contributed by atoms with van der Waals surface area (Å²) in [4.78, 5) is 11.6. The second-order valence-corrected chi connectivity index (χ2v) is 4.64. The van der Waals surface area contributed by atoms with Crippen LogP contribution in [-0.4, -0.2) is 19.7 Å². The molecule has 0 aliphatic heterocycles. The lowest BCUT2D eigenvalue weighted by Gasteiger charge is -2.11. The molecule has 1 aromatic carbocycles. The van der Waals surface area contributed by atoms with Crippen LogP contribution in [0.4, 0.5) is 0 Å². The van der Waals surface area contributed by atoms with Gasteiger partial charge in [0.1, 0.15) is 5.75 Å². The van der Waals surface area contributed by atoms with E-state index in [0.717, 1.165) is 37.0 Å². The van der Waals surface area contributed by atoms with Crippen LogP contribution in [0.25, 0.3) is 0 Å². The predicted octanol–water partition coefficient (Wildman–Crippen LogP) is 4.30. The molecule has 1 aromatic rings. The Balaban J connectivity index is 2.44. The molecule has 0 heterocycles. The van der Waals surface area contributed by atoms with Crippen LogP contribution in [0.3, 0.4) is 0 Å². The molecule has 0 atom stereocenters. The van der Waals surface area contributed by atoms with E-state index in [4.69, 9.17) is 9.47 Å². The second kappa shape index (κ2) is 9.18. The Morgan fingerprint density at radius 1 is 1.25 bits per heavy atom. The molecule has 3 heteroatoms. The largest absolute Gasteiger partial charge is 0.493 e. The van der Waals surface area contributed by atoms with Crippen LogP contribution >= 0.6 is 0 Å². The maximum atomic E-state index is 11.6. The van der Waals surface area contributed by atoms with Gasteiger partial charge in [0.25, 0.3) is 0 Å². The summed E-state index contributed by atoms with van der Waals surface area (Å²) in [6.45, 7) is 4.69. The molecule has 0 unspecified atom stereocenters. The molecule has 20 heavy (non-hydrogen) atoms. The Labute approximate surface area is 121 Å². The Bertz CT molecular complexity index is 450. The summed E-state index contributed by atoms with van der Waals surface area (Å²) in [7, 11) is 1.39. The van der Waals surface area contributed by atoms with Gasteiger partial charge in [0.15, 0.2) is 0 Å². The Morgan fingerprint density at radius 2 is 2.05 bits per heavy atom. The maximum Gasteiger partial charge on any atom is 0.338 e. The minimum absolute atomic E-state index is 0.322. The molecule has 0 aliphatic carbocycles. The van der Waals surface area contributed by atoms with Crippen LogP contribution < -0.4 is 4.74 Å². The first-order valence-corrected chi connectivity index (χ1v) is 7.16. The number of allylic oxidation sites excluding steroid dienone is 2. The van der Waals surface area contributed by atoms with Gasteiger partial charge in [0, 0.05) is 5.56 Å². The van der Waals surface area contributed by atoms with Crippen LogP contribution in [-0.2, 0) is 4.74 Å². The molecule has 1 rings (SSSR count). The van der Waals surface area contributed by atoms with Crippen LogP contribution in [0.2, 0.25) is 0 Å². The zero-order valence-corrected chi connectivity index (χ0v) is 12.6. The fraction of sp³-hybridized carbons (Fsp3) is 0.471. The molecular formula is C17H24O3. The third-order valence-electron chi connectivity index (χ3n) is 3.11. The number of ether oxygens (including phenoxy) is 2. The molecule has 0 radical (unpaired) electrons. The van der Waals surface area contributed by atoms with Crippen LogP contribution in [0.5, 0.6) is 5.75 Å². The molecule has 0 amide bonds. The molecule has 0 fully saturated rings. The number of carbonyl (C=O) groups excluding carboxylic acids is 1. The molecule has 0 saturated carbocycles. The van der Waals surface area contributed by atoms with E-state index in [9.17, 15) is 4.79 Å². The van der Waals surface area contributed by atoms with Crippen molar-refractivity contribution in [1.82, 2.24) is 0 Å². The molecule has 3 nitrogen and oxygen atoms in total. The number of carbonyl (C=O) groups is 1. The Hall–Kier alpha value is -1.77. The van der Waals surface area contributed by atoms with Gasteiger partial charge in [-0.3, -0.25) is 0 Å². The summed E-state index contributed by atoms with van der Waals surface area (Å²) in [6.07, 6.45) is 8.71. The fourth-order valence-corrected chi connectivity index (χ4v) is 1.93. The Kier molecular flexibility index (Phi) is 7.48. The van der Waals surface area contributed by atoms with Gasteiger partial charge >= 0.3 is 5.97 Å². The Morgan fingerprint density at radius 3 is 2.75 bits per heavy atom. The topological polar surface area (TPSA) is 35.5 Å². The van der Waals surface area contributed by atoms with E-state index in [1.54, 1.807) is 6.07 Å². The van der Waals surface area contributed by atoms with E-state index in [2.05, 4.69) is 19.1 Å². The zero-order valence-electron chi connectivity index (χ0n) is 12.6. The first-order valence-electron chi connectivity index (χ1n) is 7.16. The van der Waals surface area contributed by atoms with Crippen molar-refractivity contribution in [3.8, 4) is 5.75 Å². The first-order chi connectivity index (χ1) is 9.70. The minimum Gasteiger partial charge on any atom is -0.493 e. The number of hydrogen-bond donors (Lipinski definition) is 0. The van der Waals surface area contributed by atoms with E-state index in [1.165, 1.54) is 7.11 Å². The molecule has 110 valence electrons. The fourth-order valence-electron chi connectivity index (χ4n) is 1.93. The van der Waals surface area contributed by atoms with Crippen LogP contribution in [0.15, 0.2) is 30.4 Å². The number of esters is 1. The molecular weight excluding hydrogens is 252 g/mol. The normalized spacial score (nSPS) is 10.8. The standard InChI is InChI=1S/C17H24O3/c1-4-5-6-7-8-9-13-20-16-12-10-11-15(14(16)2)17(18)19-3/h5-6,10-12H,4,7-9,13H2,1-3H3. The van der Waals surface area contributed by atoms with Gasteiger partial charge in [0.05, 0.1) is 19.3 Å². The van der Waals surface area contributed by atoms with Crippen molar-refractivity contribution >= 4 is 5.97 Å². The van der Waals surface area contributed by atoms with Gasteiger partial charge in [-0.15, -0.1) is 0 Å². The van der Waals surface area contributed by atoms with E-state index in [1.807, 2.05) is 19.1 Å². The maximum absolute atomic E-state index is 11.6. The smallest absolute Gasteiger partial charge is 0.338 e. The summed E-state index contributed by atoms with van der Waals surface area (Å²) < 4.78 is 10.5. The third-order valence-corrected chi connectivity index (χ3v) is 3.11. The van der Waals surface area contributed by atoms with Gasteiger partial charge in [-0.25, -0.2) is 4.79 Å². The lowest BCUT2D eigenvalue weighted by atomic mass is 10.1. The first kappa shape index (κ1) is 16.3. The number of unbranched alkanes of at least 4 members (excludes halogenated alkanes) is 2. The van der Waals surface area contributed by atoms with E-state index >= 15 is 0 Å². The molecule has 0 N–H and O–H groups in total. The highest BCUT2D eigenvalue weighted by Crippen LogP contribution is 2.22. The van der Waals surface area contributed by atoms with Gasteiger partial charge in [-0.05, 0) is 44.7 Å². The summed E-state index contributed by atoms with van der Waals surface area (Å²) in [5.74, 6) is 0.439. The van der Waals surface area contributed by atoms with Crippen molar-refractivity contribution in [2.24, 2.45) is 0 Å². The highest BCUT2D eigenvalue weighted by atomic mass is 16.5. The van der Waals surface area contributed by atoms with Crippen molar-refractivity contribution in [3.63, 3.8) is 0 Å². The number of rotatable bonds is 8. The quantitative estimate of drug-likeness (QED) is 0.403. The average Bonchev–Trinajstić information content (AvgIpc) is 2.47. The number of hydrogen-bond acceptors (Lipinski definition) is 3. The summed E-state index contributed by atoms with van der Waals surface area (Å²) >= 11 is 0. The van der Waals surface area contributed by atoms with E-state index in [0.29, 0.717) is 12.2 Å². The van der Waals surface area contributed by atoms with Gasteiger partial charge < -0.3 is 9.47 Å². The molecule has 0 bridgehead atoms. The van der Waals surface area contributed by atoms with Gasteiger partial charge in [0.2, 0.25) is 0 Å². The highest BCUT2D eigenvalue weighted by Gasteiger charge is 2.12. The number of methoxy groups -OCH3 is 1. The van der Waals surface area contributed by atoms with Crippen molar-refractivity contribution in [3.05, 3.63) is 41.5 Å². The SMILES string of the molecule is CCC=CCCCCOc1cccc(C(=O)OC)c1C. The second-order valence-electron chi connectivity index (χ2n) is 4.64. The minimum atomic E-state index is -0.322. The summed E-state index contributed by atoms with van der Waals surface area (Å²) in [5, 5.41) is 0. The average molecular weight is 276 g/mol.